The first-order valence-electron chi connectivity index (χ1n) is 16.8. The van der Waals surface area contributed by atoms with Gasteiger partial charge in [0, 0.05) is 16.9 Å². The number of nitrogens with two attached hydrogens (primary N) is 1. The fraction of sp³-hybridized carbons (Fsp3) is 0. The molecule has 0 saturated carbocycles. The number of carboxylic acids is 1. The van der Waals surface area contributed by atoms with Crippen LogP contribution < -0.4 is 20.5 Å². The Balaban J connectivity index is 0.000000157. The first kappa shape index (κ1) is 35.4. The Kier molecular flexibility index (Phi) is 11.7. The fourth-order valence-electron chi connectivity index (χ4n) is 5.25. The molecule has 7 nitrogen and oxygen atoms in total. The molecular weight excluding hydrogens is 661 g/mol. The number of aromatic carboxylic acids is 1. The standard InChI is InChI=1S/C23H17NO2.C17H12O3.C6H7N/c25-23(24-20-8-2-1-3-9-20)18-11-13-21(14-12-18)26-22-15-10-17-6-4-5-7-19(17)16-22;18-17(19)13-6-8-15(9-7-13)20-16-10-5-12-3-1-2-4-14(12)11-16;7-6-4-2-1-3-5-6/h1-16H,(H,24,25);1-11H,(H,18,19);1-5H,7H2. The van der Waals surface area contributed by atoms with Crippen molar-refractivity contribution < 1.29 is 24.2 Å². The van der Waals surface area contributed by atoms with E-state index in [4.69, 9.17) is 20.3 Å². The summed E-state index contributed by atoms with van der Waals surface area (Å²) in [4.78, 5) is 23.1. The minimum atomic E-state index is -0.942. The molecule has 7 heteroatoms. The molecule has 0 aromatic heterocycles. The Morgan fingerprint density at radius 3 is 1.26 bits per heavy atom. The van der Waals surface area contributed by atoms with Crippen molar-refractivity contribution in [3.05, 3.63) is 205 Å². The number of nitrogens with one attached hydrogen (secondary N) is 1. The van der Waals surface area contributed by atoms with Crippen LogP contribution in [0.2, 0.25) is 0 Å². The van der Waals surface area contributed by atoms with E-state index < -0.39 is 5.97 Å². The van der Waals surface area contributed by atoms with Crippen molar-refractivity contribution in [1.82, 2.24) is 0 Å². The third-order valence-corrected chi connectivity index (χ3v) is 7.96. The molecule has 1 amide bonds. The Labute approximate surface area is 307 Å². The highest BCUT2D eigenvalue weighted by atomic mass is 16.5. The molecule has 0 bridgehead atoms. The van der Waals surface area contributed by atoms with Crippen molar-refractivity contribution in [1.29, 1.82) is 0 Å². The van der Waals surface area contributed by atoms with Crippen LogP contribution in [-0.4, -0.2) is 17.0 Å². The average molecular weight is 697 g/mol. The summed E-state index contributed by atoms with van der Waals surface area (Å²) in [5.41, 5.74) is 7.78. The summed E-state index contributed by atoms with van der Waals surface area (Å²) in [6.07, 6.45) is 0. The molecule has 0 atom stereocenters. The molecule has 0 aliphatic heterocycles. The SMILES string of the molecule is Nc1ccccc1.O=C(Nc1ccccc1)c1ccc(Oc2ccc3ccccc3c2)cc1.O=C(O)c1ccc(Oc2ccc3ccccc3c2)cc1. The van der Waals surface area contributed by atoms with Gasteiger partial charge in [0.15, 0.2) is 0 Å². The molecule has 8 rings (SSSR count). The van der Waals surface area contributed by atoms with E-state index in [0.717, 1.165) is 39.0 Å². The van der Waals surface area contributed by atoms with Gasteiger partial charge >= 0.3 is 5.97 Å². The highest BCUT2D eigenvalue weighted by molar-refractivity contribution is 6.04. The highest BCUT2D eigenvalue weighted by Crippen LogP contribution is 2.27. The molecule has 0 aliphatic carbocycles. The van der Waals surface area contributed by atoms with Crippen molar-refractivity contribution in [2.24, 2.45) is 0 Å². The summed E-state index contributed by atoms with van der Waals surface area (Å²) in [5, 5.41) is 16.3. The van der Waals surface area contributed by atoms with E-state index in [1.54, 1.807) is 36.4 Å². The van der Waals surface area contributed by atoms with Crippen molar-refractivity contribution >= 4 is 44.8 Å². The number of rotatable bonds is 7. The van der Waals surface area contributed by atoms with Crippen molar-refractivity contribution in [2.75, 3.05) is 11.1 Å². The number of nitrogen functional groups attached to an aromatic ring is 1. The molecule has 0 saturated heterocycles. The number of hydrogen-bond donors (Lipinski definition) is 3. The summed E-state index contributed by atoms with van der Waals surface area (Å²) in [5.74, 6) is 1.72. The van der Waals surface area contributed by atoms with Gasteiger partial charge in [-0.15, -0.1) is 0 Å². The van der Waals surface area contributed by atoms with E-state index in [0.29, 0.717) is 17.1 Å². The minimum Gasteiger partial charge on any atom is -0.478 e. The first-order valence-corrected chi connectivity index (χ1v) is 16.8. The van der Waals surface area contributed by atoms with Gasteiger partial charge in [0.05, 0.1) is 5.56 Å². The molecule has 8 aromatic carbocycles. The number of benzene rings is 8. The zero-order chi connectivity index (χ0) is 36.8. The predicted octanol–water partition coefficient (Wildman–Crippen LogP) is 11.5. The number of fused-ring (bicyclic) bond motifs is 2. The van der Waals surface area contributed by atoms with E-state index in [-0.39, 0.29) is 11.5 Å². The van der Waals surface area contributed by atoms with Crippen LogP contribution in [0.1, 0.15) is 20.7 Å². The molecule has 0 aliphatic rings. The van der Waals surface area contributed by atoms with Crippen LogP contribution in [-0.2, 0) is 0 Å². The van der Waals surface area contributed by atoms with Crippen molar-refractivity contribution in [2.45, 2.75) is 0 Å². The number of anilines is 2. The summed E-state index contributed by atoms with van der Waals surface area (Å²) in [7, 11) is 0. The summed E-state index contributed by atoms with van der Waals surface area (Å²) in [6, 6.07) is 60.4. The molecule has 0 unspecified atom stereocenters. The number of ether oxygens (including phenoxy) is 2. The van der Waals surface area contributed by atoms with Gasteiger partial charge in [-0.1, -0.05) is 97.1 Å². The number of hydrogen-bond acceptors (Lipinski definition) is 5. The van der Waals surface area contributed by atoms with Gasteiger partial charge in [-0.05, 0) is 119 Å². The topological polar surface area (TPSA) is 111 Å². The van der Waals surface area contributed by atoms with Gasteiger partial charge in [-0.3, -0.25) is 4.79 Å². The molecule has 0 fully saturated rings. The number of carbonyl (C=O) groups excluding carboxylic acids is 1. The third-order valence-electron chi connectivity index (χ3n) is 7.96. The maximum atomic E-state index is 12.3. The average Bonchev–Trinajstić information content (AvgIpc) is 3.19. The number of carboxylic acid groups (broad SMARTS) is 1. The second-order valence-corrected chi connectivity index (χ2v) is 11.8. The maximum Gasteiger partial charge on any atom is 0.335 e. The van der Waals surface area contributed by atoms with E-state index >= 15 is 0 Å². The Hall–Kier alpha value is -7.38. The third kappa shape index (κ3) is 10.3. The van der Waals surface area contributed by atoms with Crippen LogP contribution in [0.3, 0.4) is 0 Å². The molecule has 0 heterocycles. The molecule has 4 N–H and O–H groups in total. The Morgan fingerprint density at radius 1 is 0.434 bits per heavy atom. The van der Waals surface area contributed by atoms with Crippen LogP contribution in [0.4, 0.5) is 11.4 Å². The smallest absolute Gasteiger partial charge is 0.335 e. The summed E-state index contributed by atoms with van der Waals surface area (Å²) >= 11 is 0. The van der Waals surface area contributed by atoms with E-state index in [1.807, 2.05) is 133 Å². The van der Waals surface area contributed by atoms with Gasteiger partial charge < -0.3 is 25.6 Å². The van der Waals surface area contributed by atoms with Crippen LogP contribution in [0.25, 0.3) is 21.5 Å². The Morgan fingerprint density at radius 2 is 0.830 bits per heavy atom. The normalized spacial score (nSPS) is 10.2. The monoisotopic (exact) mass is 696 g/mol. The zero-order valence-corrected chi connectivity index (χ0v) is 28.6. The number of amides is 1. The summed E-state index contributed by atoms with van der Waals surface area (Å²) < 4.78 is 11.6. The first-order chi connectivity index (χ1) is 25.9. The van der Waals surface area contributed by atoms with Gasteiger partial charge in [0.25, 0.3) is 5.91 Å². The molecule has 53 heavy (non-hydrogen) atoms. The van der Waals surface area contributed by atoms with Gasteiger partial charge in [-0.25, -0.2) is 4.79 Å². The molecule has 8 aromatic rings. The van der Waals surface area contributed by atoms with Crippen molar-refractivity contribution in [3.63, 3.8) is 0 Å². The van der Waals surface area contributed by atoms with E-state index in [9.17, 15) is 9.59 Å². The van der Waals surface area contributed by atoms with Gasteiger partial charge in [0.1, 0.15) is 23.0 Å². The lowest BCUT2D eigenvalue weighted by molar-refractivity contribution is 0.0696. The van der Waals surface area contributed by atoms with E-state index in [1.165, 1.54) is 17.5 Å². The van der Waals surface area contributed by atoms with Crippen LogP contribution >= 0.6 is 0 Å². The van der Waals surface area contributed by atoms with Crippen LogP contribution in [0.15, 0.2) is 194 Å². The number of para-hydroxylation sites is 2. The second kappa shape index (κ2) is 17.5. The lowest BCUT2D eigenvalue weighted by Gasteiger charge is -2.08. The molecule has 0 radical (unpaired) electrons. The molecule has 260 valence electrons. The van der Waals surface area contributed by atoms with Crippen LogP contribution in [0.5, 0.6) is 23.0 Å². The molecule has 0 spiro atoms. The molecular formula is C46H36N2O5. The van der Waals surface area contributed by atoms with E-state index in [2.05, 4.69) is 17.4 Å². The predicted molar refractivity (Wildman–Crippen MR) is 213 cm³/mol. The minimum absolute atomic E-state index is 0.145. The quantitative estimate of drug-likeness (QED) is 0.143. The largest absolute Gasteiger partial charge is 0.478 e. The number of carbonyl (C=O) groups is 2. The van der Waals surface area contributed by atoms with Gasteiger partial charge in [0.2, 0.25) is 0 Å². The zero-order valence-electron chi connectivity index (χ0n) is 28.6. The lowest BCUT2D eigenvalue weighted by Crippen LogP contribution is -2.11. The summed E-state index contributed by atoms with van der Waals surface area (Å²) in [6.45, 7) is 0. The van der Waals surface area contributed by atoms with Crippen molar-refractivity contribution in [3.8, 4) is 23.0 Å². The van der Waals surface area contributed by atoms with Gasteiger partial charge in [-0.2, -0.15) is 0 Å². The lowest BCUT2D eigenvalue weighted by atomic mass is 10.1. The Bertz CT molecular complexity index is 2420. The van der Waals surface area contributed by atoms with Crippen LogP contribution in [0, 0.1) is 0 Å². The highest BCUT2D eigenvalue weighted by Gasteiger charge is 2.07. The maximum absolute atomic E-state index is 12.3. The fourth-order valence-corrected chi connectivity index (χ4v) is 5.25. The second-order valence-electron chi connectivity index (χ2n) is 11.8.